The van der Waals surface area contributed by atoms with Crippen LogP contribution in [0.25, 0.3) is 77.8 Å². The van der Waals surface area contributed by atoms with Gasteiger partial charge in [0.05, 0.1) is 0 Å². The van der Waals surface area contributed by atoms with E-state index in [4.69, 9.17) is 19.4 Å². The van der Waals surface area contributed by atoms with Crippen molar-refractivity contribution >= 4 is 55.0 Å². The normalized spacial score (nSPS) is 14.6. The Morgan fingerprint density at radius 3 is 1.70 bits per heavy atom. The fourth-order valence-electron chi connectivity index (χ4n) is 7.89. The maximum atomic E-state index is 6.58. The molecule has 0 atom stereocenters. The molecule has 0 N–H and O–H groups in total. The molecule has 53 heavy (non-hydrogen) atoms. The van der Waals surface area contributed by atoms with E-state index < -0.39 is 0 Å². The monoisotopic (exact) mass is 681 g/mol. The Labute approximate surface area is 308 Å². The number of rotatable bonds is 6. The van der Waals surface area contributed by atoms with Crippen molar-refractivity contribution in [1.82, 2.24) is 15.0 Å². The SMILES string of the molecule is C1=C(c2ccccc2)CCC(c2nc(-c3ccc4c(c3)oc3cccc(C5=CC=C(c6ccccc6)CC5)c34)nc(-c3cccc4ccccc34)n2)=C1. The summed E-state index contributed by atoms with van der Waals surface area (Å²) in [4.78, 5) is 15.4. The standard InChI is InChI=1S/C49H35N3O/c1-3-11-32(12-4-1)34-21-25-37(26-22-34)41-18-10-20-44-46(41)43-30-29-39(31-45(43)53-44)48-50-47(38-27-23-35(24-28-38)33-13-5-2-6-14-33)51-49(52-48)42-19-9-16-36-15-7-8-17-40(36)42/h1-21,23,25,27,29-31H,22,24,26,28H2. The molecule has 2 heterocycles. The van der Waals surface area contributed by atoms with Gasteiger partial charge in [-0.3, -0.25) is 0 Å². The van der Waals surface area contributed by atoms with Crippen LogP contribution in [0.15, 0.2) is 168 Å². The fraction of sp³-hybridized carbons (Fsp3) is 0.0816. The molecule has 252 valence electrons. The Bertz CT molecular complexity index is 2820. The van der Waals surface area contributed by atoms with Gasteiger partial charge in [0.2, 0.25) is 0 Å². The van der Waals surface area contributed by atoms with Gasteiger partial charge in [0.25, 0.3) is 0 Å². The molecule has 4 heteroatoms. The summed E-state index contributed by atoms with van der Waals surface area (Å²) in [6.07, 6.45) is 12.7. The molecule has 0 bridgehead atoms. The van der Waals surface area contributed by atoms with E-state index in [2.05, 4.69) is 164 Å². The first-order valence-corrected chi connectivity index (χ1v) is 18.4. The van der Waals surface area contributed by atoms with Gasteiger partial charge in [0, 0.05) is 21.9 Å². The van der Waals surface area contributed by atoms with Gasteiger partial charge < -0.3 is 4.42 Å². The molecule has 2 aliphatic carbocycles. The second kappa shape index (κ2) is 13.2. The topological polar surface area (TPSA) is 51.8 Å². The van der Waals surface area contributed by atoms with Crippen molar-refractivity contribution in [3.63, 3.8) is 0 Å². The number of hydrogen-bond acceptors (Lipinski definition) is 4. The van der Waals surface area contributed by atoms with E-state index in [-0.39, 0.29) is 0 Å². The van der Waals surface area contributed by atoms with Crippen LogP contribution >= 0.6 is 0 Å². The van der Waals surface area contributed by atoms with Crippen LogP contribution in [0.3, 0.4) is 0 Å². The summed E-state index contributed by atoms with van der Waals surface area (Å²) in [6.45, 7) is 0. The van der Waals surface area contributed by atoms with E-state index in [0.717, 1.165) is 75.1 Å². The van der Waals surface area contributed by atoms with Crippen LogP contribution in [-0.2, 0) is 0 Å². The van der Waals surface area contributed by atoms with Crippen molar-refractivity contribution < 1.29 is 4.42 Å². The number of benzene rings is 6. The van der Waals surface area contributed by atoms with E-state index in [9.17, 15) is 0 Å². The zero-order valence-electron chi connectivity index (χ0n) is 29.2. The van der Waals surface area contributed by atoms with Crippen molar-refractivity contribution in [1.29, 1.82) is 0 Å². The number of furan rings is 1. The molecule has 0 unspecified atom stereocenters. The van der Waals surface area contributed by atoms with Crippen LogP contribution < -0.4 is 0 Å². The van der Waals surface area contributed by atoms with Gasteiger partial charge in [-0.05, 0) is 93.6 Å². The molecular formula is C49H35N3O. The average molecular weight is 682 g/mol. The predicted octanol–water partition coefficient (Wildman–Crippen LogP) is 12.8. The third-order valence-corrected chi connectivity index (χ3v) is 10.6. The third-order valence-electron chi connectivity index (χ3n) is 10.6. The van der Waals surface area contributed by atoms with E-state index in [1.54, 1.807) is 0 Å². The lowest BCUT2D eigenvalue weighted by molar-refractivity contribution is 0.669. The molecule has 8 aromatic rings. The Morgan fingerprint density at radius 1 is 0.377 bits per heavy atom. The van der Waals surface area contributed by atoms with Gasteiger partial charge in [-0.15, -0.1) is 0 Å². The highest BCUT2D eigenvalue weighted by molar-refractivity contribution is 6.11. The van der Waals surface area contributed by atoms with E-state index in [1.165, 1.54) is 33.4 Å². The van der Waals surface area contributed by atoms with Gasteiger partial charge >= 0.3 is 0 Å². The number of nitrogens with zero attached hydrogens (tertiary/aromatic N) is 3. The fourth-order valence-corrected chi connectivity index (χ4v) is 7.89. The number of fused-ring (bicyclic) bond motifs is 4. The van der Waals surface area contributed by atoms with Crippen LogP contribution in [0, 0.1) is 0 Å². The lowest BCUT2D eigenvalue weighted by Crippen LogP contribution is -2.04. The number of aromatic nitrogens is 3. The highest BCUT2D eigenvalue weighted by Gasteiger charge is 2.20. The molecule has 2 aliphatic rings. The van der Waals surface area contributed by atoms with Crippen LogP contribution in [0.1, 0.15) is 48.2 Å². The lowest BCUT2D eigenvalue weighted by Gasteiger charge is -2.16. The van der Waals surface area contributed by atoms with Crippen LogP contribution in [-0.4, -0.2) is 15.0 Å². The number of hydrogen-bond donors (Lipinski definition) is 0. The Morgan fingerprint density at radius 2 is 0.962 bits per heavy atom. The van der Waals surface area contributed by atoms with E-state index in [0.29, 0.717) is 17.5 Å². The molecule has 10 rings (SSSR count). The second-order valence-electron chi connectivity index (χ2n) is 13.8. The van der Waals surface area contributed by atoms with Gasteiger partial charge in [0.1, 0.15) is 11.2 Å². The van der Waals surface area contributed by atoms with Crippen molar-refractivity contribution in [3.8, 4) is 22.8 Å². The van der Waals surface area contributed by atoms with Crippen LogP contribution in [0.4, 0.5) is 0 Å². The van der Waals surface area contributed by atoms with Crippen LogP contribution in [0.5, 0.6) is 0 Å². The summed E-state index contributed by atoms with van der Waals surface area (Å²) >= 11 is 0. The smallest absolute Gasteiger partial charge is 0.164 e. The zero-order chi connectivity index (χ0) is 35.1. The second-order valence-corrected chi connectivity index (χ2v) is 13.8. The summed E-state index contributed by atoms with van der Waals surface area (Å²) < 4.78 is 6.58. The van der Waals surface area contributed by atoms with Gasteiger partial charge in [-0.25, -0.2) is 15.0 Å². The van der Waals surface area contributed by atoms with Gasteiger partial charge in [0.15, 0.2) is 17.5 Å². The highest BCUT2D eigenvalue weighted by atomic mass is 16.3. The molecule has 0 fully saturated rings. The van der Waals surface area contributed by atoms with Crippen molar-refractivity contribution in [2.24, 2.45) is 0 Å². The maximum absolute atomic E-state index is 6.58. The molecule has 6 aromatic carbocycles. The van der Waals surface area contributed by atoms with Crippen LogP contribution in [0.2, 0.25) is 0 Å². The molecule has 0 aliphatic heterocycles. The minimum atomic E-state index is 0.632. The van der Waals surface area contributed by atoms with Gasteiger partial charge in [-0.1, -0.05) is 146 Å². The van der Waals surface area contributed by atoms with E-state index in [1.807, 2.05) is 0 Å². The first kappa shape index (κ1) is 31.1. The summed E-state index contributed by atoms with van der Waals surface area (Å²) in [5.41, 5.74) is 12.5. The lowest BCUT2D eigenvalue weighted by atomic mass is 9.88. The first-order chi connectivity index (χ1) is 26.2. The molecule has 0 amide bonds. The third kappa shape index (κ3) is 5.79. The zero-order valence-corrected chi connectivity index (χ0v) is 29.2. The van der Waals surface area contributed by atoms with Crippen molar-refractivity contribution in [3.05, 3.63) is 186 Å². The quantitative estimate of drug-likeness (QED) is 0.175. The van der Waals surface area contributed by atoms with Crippen molar-refractivity contribution in [2.75, 3.05) is 0 Å². The summed E-state index contributed by atoms with van der Waals surface area (Å²) in [5.74, 6) is 2.01. The molecule has 0 saturated carbocycles. The minimum Gasteiger partial charge on any atom is -0.456 e. The molecule has 0 radical (unpaired) electrons. The minimum absolute atomic E-state index is 0.632. The highest BCUT2D eigenvalue weighted by Crippen LogP contribution is 2.40. The predicted molar refractivity (Wildman–Crippen MR) is 219 cm³/mol. The van der Waals surface area contributed by atoms with Crippen molar-refractivity contribution in [2.45, 2.75) is 25.7 Å². The molecular weight excluding hydrogens is 647 g/mol. The molecule has 0 spiro atoms. The number of allylic oxidation sites excluding steroid dienone is 8. The summed E-state index contributed by atoms with van der Waals surface area (Å²) in [5, 5.41) is 4.51. The van der Waals surface area contributed by atoms with Gasteiger partial charge in [-0.2, -0.15) is 0 Å². The summed E-state index contributed by atoms with van der Waals surface area (Å²) in [6, 6.07) is 48.8. The Kier molecular flexibility index (Phi) is 7.72. The molecule has 2 aromatic heterocycles. The summed E-state index contributed by atoms with van der Waals surface area (Å²) in [7, 11) is 0. The molecule has 4 nitrogen and oxygen atoms in total. The Hall–Kier alpha value is -6.65. The Balaban J connectivity index is 1.08. The maximum Gasteiger partial charge on any atom is 0.164 e. The average Bonchev–Trinajstić information content (AvgIpc) is 3.62. The first-order valence-electron chi connectivity index (χ1n) is 18.4. The molecule has 0 saturated heterocycles. The largest absolute Gasteiger partial charge is 0.456 e. The van der Waals surface area contributed by atoms with E-state index >= 15 is 0 Å².